The molecule has 2 unspecified atom stereocenters. The van der Waals surface area contributed by atoms with Crippen molar-refractivity contribution in [2.75, 3.05) is 6.54 Å². The van der Waals surface area contributed by atoms with Gasteiger partial charge < -0.3 is 10.4 Å². The third kappa shape index (κ3) is 4.24. The van der Waals surface area contributed by atoms with E-state index in [9.17, 15) is 14.2 Å². The van der Waals surface area contributed by atoms with Gasteiger partial charge in [-0.05, 0) is 16.7 Å². The highest BCUT2D eigenvalue weighted by Gasteiger charge is 2.36. The zero-order valence-corrected chi connectivity index (χ0v) is 10.3. The van der Waals surface area contributed by atoms with Gasteiger partial charge in [-0.2, -0.15) is 4.89 Å². The Hall–Kier alpha value is -1.78. The first-order valence-electron chi connectivity index (χ1n) is 5.23. The largest absolute Gasteiger partial charge is 0.520 e. The monoisotopic (exact) mass is 270 g/mol. The van der Waals surface area contributed by atoms with Gasteiger partial charge in [0.2, 0.25) is 0 Å². The summed E-state index contributed by atoms with van der Waals surface area (Å²) in [5, 5.41) is 11.2. The maximum atomic E-state index is 11.6. The Balaban J connectivity index is 2.44. The summed E-state index contributed by atoms with van der Waals surface area (Å²) in [4.78, 5) is 31.0. The molecule has 2 atom stereocenters. The van der Waals surface area contributed by atoms with Crippen molar-refractivity contribution in [2.24, 2.45) is 0 Å². The molecule has 0 radical (unpaired) electrons. The highest BCUT2D eigenvalue weighted by Crippen LogP contribution is 2.24. The molecule has 0 fully saturated rings. The number of carbonyl (C=O) groups excluding carboxylic acids is 1. The Bertz CT molecular complexity index is 434. The topological polar surface area (TPSA) is 104 Å². The van der Waals surface area contributed by atoms with E-state index in [2.05, 4.69) is 5.32 Å². The van der Waals surface area contributed by atoms with Crippen LogP contribution >= 0.6 is 8.03 Å². The van der Waals surface area contributed by atoms with Gasteiger partial charge in [0.25, 0.3) is 11.6 Å². The molecule has 0 aliphatic heterocycles. The first-order valence-corrected chi connectivity index (χ1v) is 6.52. The lowest BCUT2D eigenvalue weighted by molar-refractivity contribution is -0.136. The fourth-order valence-corrected chi connectivity index (χ4v) is 1.88. The highest BCUT2D eigenvalue weighted by molar-refractivity contribution is 7.40. The molecule has 7 heteroatoms. The number of rotatable bonds is 6. The third-order valence-corrected chi connectivity index (χ3v) is 3.30. The molecule has 96 valence electrons. The molecular weight excluding hydrogens is 257 g/mol. The fourth-order valence-electron chi connectivity index (χ4n) is 1.34. The van der Waals surface area contributed by atoms with Crippen LogP contribution in [0.15, 0.2) is 30.3 Å². The van der Waals surface area contributed by atoms with E-state index in [1.807, 2.05) is 0 Å². The zero-order chi connectivity index (χ0) is 13.5. The van der Waals surface area contributed by atoms with Crippen LogP contribution in [0.4, 0.5) is 0 Å². The van der Waals surface area contributed by atoms with Crippen molar-refractivity contribution >= 4 is 19.9 Å². The van der Waals surface area contributed by atoms with E-state index in [0.717, 1.165) is 0 Å². The molecule has 1 rings (SSSR count). The average molecular weight is 270 g/mol. The highest BCUT2D eigenvalue weighted by atomic mass is 31.1. The van der Waals surface area contributed by atoms with Crippen LogP contribution in [-0.4, -0.2) is 34.1 Å². The summed E-state index contributed by atoms with van der Waals surface area (Å²) in [6.07, 6.45) is -0.0837. The van der Waals surface area contributed by atoms with Crippen LogP contribution in [-0.2, 0) is 9.36 Å². The molecule has 0 saturated heterocycles. The number of benzene rings is 1. The molecule has 0 saturated carbocycles. The van der Waals surface area contributed by atoms with Crippen LogP contribution in [0, 0.1) is 0 Å². The van der Waals surface area contributed by atoms with Crippen LogP contribution in [0.25, 0.3) is 0 Å². The summed E-state index contributed by atoms with van der Waals surface area (Å²) in [7, 11) is -2.79. The van der Waals surface area contributed by atoms with Gasteiger partial charge in [0.15, 0.2) is 0 Å². The second kappa shape index (κ2) is 6.83. The Morgan fingerprint density at radius 3 is 2.39 bits per heavy atom. The molecule has 18 heavy (non-hydrogen) atoms. The van der Waals surface area contributed by atoms with E-state index < -0.39 is 19.7 Å². The molecular formula is C11H13NO5P+. The van der Waals surface area contributed by atoms with Gasteiger partial charge in [0.1, 0.15) is 0 Å². The van der Waals surface area contributed by atoms with Crippen molar-refractivity contribution in [1.82, 2.24) is 5.32 Å². The second-order valence-electron chi connectivity index (χ2n) is 3.57. The van der Waals surface area contributed by atoms with Crippen LogP contribution in [0.5, 0.6) is 0 Å². The lowest BCUT2D eigenvalue weighted by Crippen LogP contribution is -2.28. The Morgan fingerprint density at radius 2 is 1.89 bits per heavy atom. The molecule has 0 aliphatic carbocycles. The molecule has 1 aromatic rings. The molecule has 3 N–H and O–H groups in total. The molecule has 6 nitrogen and oxygen atoms in total. The first kappa shape index (κ1) is 14.3. The van der Waals surface area contributed by atoms with Gasteiger partial charge in [-0.1, -0.05) is 18.2 Å². The average Bonchev–Trinajstić information content (AvgIpc) is 2.34. The minimum atomic E-state index is -2.79. The van der Waals surface area contributed by atoms with Crippen molar-refractivity contribution in [1.29, 1.82) is 0 Å². The number of nitrogens with one attached hydrogen (secondary N) is 1. The quantitative estimate of drug-likeness (QED) is 0.669. The number of carboxylic acid groups (broad SMARTS) is 1. The van der Waals surface area contributed by atoms with Gasteiger partial charge in [0.05, 0.1) is 0 Å². The lowest BCUT2D eigenvalue weighted by Gasteiger charge is -2.04. The number of hydrogen-bond donors (Lipinski definition) is 3. The van der Waals surface area contributed by atoms with Crippen molar-refractivity contribution in [3.8, 4) is 0 Å². The maximum Gasteiger partial charge on any atom is 0.520 e. The molecule has 0 heterocycles. The summed E-state index contributed by atoms with van der Waals surface area (Å²) in [5.41, 5.74) is -0.895. The molecule has 0 aliphatic rings. The van der Waals surface area contributed by atoms with Crippen molar-refractivity contribution in [3.63, 3.8) is 0 Å². The van der Waals surface area contributed by atoms with Crippen LogP contribution in [0.2, 0.25) is 0 Å². The molecule has 0 aromatic heterocycles. The second-order valence-corrected chi connectivity index (χ2v) is 4.80. The van der Waals surface area contributed by atoms with Gasteiger partial charge >= 0.3 is 14.0 Å². The molecule has 0 spiro atoms. The van der Waals surface area contributed by atoms with Crippen molar-refractivity contribution in [2.45, 2.75) is 12.1 Å². The lowest BCUT2D eigenvalue weighted by atomic mass is 10.2. The van der Waals surface area contributed by atoms with Gasteiger partial charge in [-0.3, -0.25) is 4.79 Å². The minimum Gasteiger partial charge on any atom is -0.478 e. The predicted molar refractivity (Wildman–Crippen MR) is 64.6 cm³/mol. The first-order chi connectivity index (χ1) is 8.52. The van der Waals surface area contributed by atoms with Crippen LogP contribution in [0.3, 0.4) is 0 Å². The predicted octanol–water partition coefficient (Wildman–Crippen LogP) is 0.994. The molecule has 1 aromatic carbocycles. The number of carboxylic acids is 1. The summed E-state index contributed by atoms with van der Waals surface area (Å²) in [6.45, 7) is 0.0341. The van der Waals surface area contributed by atoms with Gasteiger partial charge in [-0.25, -0.2) is 4.79 Å². The molecule has 0 bridgehead atoms. The Kier molecular flexibility index (Phi) is 5.42. The standard InChI is InChI=1S/C11H12NO5P/c13-10(8-4-2-1-3-5-8)12-7-6-9(11(14)15)18(16)17/h1-5,9H,6-7H2,(H2-,12,13,14,15,16,17)/p+1. The van der Waals surface area contributed by atoms with Crippen LogP contribution in [0.1, 0.15) is 16.8 Å². The summed E-state index contributed by atoms with van der Waals surface area (Å²) in [5.74, 6) is -1.68. The van der Waals surface area contributed by atoms with Crippen molar-refractivity contribution in [3.05, 3.63) is 35.9 Å². The third-order valence-electron chi connectivity index (χ3n) is 2.29. The number of aliphatic carboxylic acids is 1. The van der Waals surface area contributed by atoms with Crippen molar-refractivity contribution < 1.29 is 24.2 Å². The number of amides is 1. The SMILES string of the molecule is O=C(NCCC(C(=O)O)[P+](=O)O)c1ccccc1. The van der Waals surface area contributed by atoms with E-state index in [0.29, 0.717) is 5.56 Å². The van der Waals surface area contributed by atoms with E-state index in [1.54, 1.807) is 30.3 Å². The Labute approximate surface area is 105 Å². The van der Waals surface area contributed by atoms with E-state index in [1.165, 1.54) is 0 Å². The summed E-state index contributed by atoms with van der Waals surface area (Å²) in [6, 6.07) is 8.43. The van der Waals surface area contributed by atoms with Crippen LogP contribution < -0.4 is 5.32 Å². The van der Waals surface area contributed by atoms with Gasteiger partial charge in [-0.15, -0.1) is 0 Å². The summed E-state index contributed by atoms with van der Waals surface area (Å²) < 4.78 is 10.7. The van der Waals surface area contributed by atoms with Gasteiger partial charge in [0, 0.05) is 18.5 Å². The Morgan fingerprint density at radius 1 is 1.28 bits per heavy atom. The normalized spacial score (nSPS) is 12.6. The fraction of sp³-hybridized carbons (Fsp3) is 0.273. The van der Waals surface area contributed by atoms with E-state index in [-0.39, 0.29) is 18.9 Å². The van der Waals surface area contributed by atoms with E-state index in [4.69, 9.17) is 10.00 Å². The number of carbonyl (C=O) groups is 2. The number of hydrogen-bond acceptors (Lipinski definition) is 3. The zero-order valence-electron chi connectivity index (χ0n) is 9.44. The minimum absolute atomic E-state index is 0.0341. The summed E-state index contributed by atoms with van der Waals surface area (Å²) >= 11 is 0. The van der Waals surface area contributed by atoms with E-state index >= 15 is 0 Å². The molecule has 1 amide bonds. The smallest absolute Gasteiger partial charge is 0.478 e. The maximum absolute atomic E-state index is 11.6.